The van der Waals surface area contributed by atoms with Gasteiger partial charge >= 0.3 is 0 Å². The van der Waals surface area contributed by atoms with E-state index in [2.05, 4.69) is 37.3 Å². The molecule has 0 aliphatic heterocycles. The summed E-state index contributed by atoms with van der Waals surface area (Å²) in [5.41, 5.74) is 2.88. The van der Waals surface area contributed by atoms with Gasteiger partial charge in [-0.3, -0.25) is 0 Å². The van der Waals surface area contributed by atoms with E-state index >= 15 is 0 Å². The van der Waals surface area contributed by atoms with Crippen molar-refractivity contribution in [2.45, 2.75) is 13.8 Å². The van der Waals surface area contributed by atoms with Crippen molar-refractivity contribution in [3.05, 3.63) is 47.5 Å². The Bertz CT molecular complexity index is 498. The third-order valence-electron chi connectivity index (χ3n) is 2.43. The van der Waals surface area contributed by atoms with Crippen LogP contribution in [0.4, 0.5) is 0 Å². The number of rotatable bonds is 1. The van der Waals surface area contributed by atoms with Crippen LogP contribution in [0.5, 0.6) is 0 Å². The van der Waals surface area contributed by atoms with Gasteiger partial charge in [0.05, 0.1) is 0 Å². The molecule has 0 fully saturated rings. The average Bonchev–Trinajstić information content (AvgIpc) is 2.16. The van der Waals surface area contributed by atoms with Gasteiger partial charge in [-0.1, -0.05) is 35.9 Å². The summed E-state index contributed by atoms with van der Waals surface area (Å²) in [6, 6.07) is 12.5. The summed E-state index contributed by atoms with van der Waals surface area (Å²) in [5, 5.41) is 10.0. The van der Waals surface area contributed by atoms with Gasteiger partial charge in [-0.05, 0) is 36.2 Å². The van der Waals surface area contributed by atoms with Crippen LogP contribution in [-0.2, 0) is 0 Å². The van der Waals surface area contributed by atoms with Gasteiger partial charge in [0.1, 0.15) is 0 Å². The smallest absolute Gasteiger partial charge is 0.0355 e. The second kappa shape index (κ2) is 3.26. The van der Waals surface area contributed by atoms with E-state index in [1.807, 2.05) is 13.0 Å². The van der Waals surface area contributed by atoms with Crippen molar-refractivity contribution >= 4 is 16.5 Å². The summed E-state index contributed by atoms with van der Waals surface area (Å²) in [5.74, 6) is 0. The number of hydrogen-bond acceptors (Lipinski definition) is 1. The molecule has 14 heavy (non-hydrogen) atoms. The fourth-order valence-electron chi connectivity index (χ4n) is 1.60. The second-order valence-corrected chi connectivity index (χ2v) is 3.69. The molecule has 0 aliphatic carbocycles. The maximum Gasteiger partial charge on any atom is 0.0355 e. The molecule has 0 saturated carbocycles. The first kappa shape index (κ1) is 8.95. The Morgan fingerprint density at radius 1 is 1.00 bits per heavy atom. The summed E-state index contributed by atoms with van der Waals surface area (Å²) in [6.45, 7) is 3.90. The zero-order chi connectivity index (χ0) is 10.1. The van der Waals surface area contributed by atoms with Gasteiger partial charge in [-0.15, -0.1) is 0 Å². The first-order valence-electron chi connectivity index (χ1n) is 4.73. The first-order valence-corrected chi connectivity index (χ1v) is 4.73. The van der Waals surface area contributed by atoms with E-state index in [9.17, 15) is 0 Å². The molecule has 2 aromatic rings. The molecule has 0 unspecified atom stereocenters. The van der Waals surface area contributed by atoms with Crippen LogP contribution in [-0.4, -0.2) is 5.71 Å². The predicted octanol–water partition coefficient (Wildman–Crippen LogP) is 3.54. The molecule has 0 atom stereocenters. The number of benzene rings is 2. The summed E-state index contributed by atoms with van der Waals surface area (Å²) >= 11 is 0. The van der Waals surface area contributed by atoms with Crippen molar-refractivity contribution in [3.8, 4) is 0 Å². The number of aryl methyl sites for hydroxylation is 1. The van der Waals surface area contributed by atoms with Crippen molar-refractivity contribution < 1.29 is 0 Å². The lowest BCUT2D eigenvalue weighted by molar-refractivity contribution is 1.46. The van der Waals surface area contributed by atoms with Gasteiger partial charge in [0.25, 0.3) is 0 Å². The van der Waals surface area contributed by atoms with E-state index in [0.29, 0.717) is 5.71 Å². The lowest BCUT2D eigenvalue weighted by Crippen LogP contribution is -1.91. The lowest BCUT2D eigenvalue weighted by atomic mass is 10.0. The zero-order valence-electron chi connectivity index (χ0n) is 8.46. The Hall–Kier alpha value is -1.63. The molecule has 0 spiro atoms. The van der Waals surface area contributed by atoms with Gasteiger partial charge in [-0.2, -0.15) is 0 Å². The topological polar surface area (TPSA) is 23.9 Å². The molecule has 0 saturated heterocycles. The van der Waals surface area contributed by atoms with Crippen LogP contribution in [0.1, 0.15) is 18.1 Å². The van der Waals surface area contributed by atoms with Crippen molar-refractivity contribution in [1.82, 2.24) is 0 Å². The first-order chi connectivity index (χ1) is 6.66. The van der Waals surface area contributed by atoms with Gasteiger partial charge < -0.3 is 5.41 Å². The van der Waals surface area contributed by atoms with E-state index in [1.54, 1.807) is 0 Å². The largest absolute Gasteiger partial charge is 0.305 e. The monoisotopic (exact) mass is 183 g/mol. The molecule has 1 nitrogen and oxygen atoms in total. The summed E-state index contributed by atoms with van der Waals surface area (Å²) < 4.78 is 0. The molecule has 0 bridgehead atoms. The maximum absolute atomic E-state index is 7.56. The maximum atomic E-state index is 7.56. The summed E-state index contributed by atoms with van der Waals surface area (Å²) in [7, 11) is 0. The lowest BCUT2D eigenvalue weighted by Gasteiger charge is -2.02. The van der Waals surface area contributed by atoms with E-state index in [1.165, 1.54) is 16.3 Å². The zero-order valence-corrected chi connectivity index (χ0v) is 8.46. The van der Waals surface area contributed by atoms with E-state index in [-0.39, 0.29) is 0 Å². The molecule has 0 radical (unpaired) electrons. The molecule has 0 heterocycles. The normalized spacial score (nSPS) is 10.4. The fraction of sp³-hybridized carbons (Fsp3) is 0.154. The van der Waals surface area contributed by atoms with Crippen LogP contribution in [0.3, 0.4) is 0 Å². The Kier molecular flexibility index (Phi) is 2.08. The number of fused-ring (bicyclic) bond motifs is 1. The van der Waals surface area contributed by atoms with Crippen molar-refractivity contribution in [3.63, 3.8) is 0 Å². The standard InChI is InChI=1S/C13H13N/c1-9-3-4-11-5-6-12(10(2)14)8-13(11)7-9/h3-8,14H,1-2H3. The molecule has 0 aliphatic rings. The second-order valence-electron chi connectivity index (χ2n) is 3.69. The highest BCUT2D eigenvalue weighted by atomic mass is 14.4. The Morgan fingerprint density at radius 2 is 1.71 bits per heavy atom. The summed E-state index contributed by atoms with van der Waals surface area (Å²) in [4.78, 5) is 0. The molecule has 1 heteroatoms. The minimum Gasteiger partial charge on any atom is -0.305 e. The molecule has 2 aromatic carbocycles. The molecule has 70 valence electrons. The minimum absolute atomic E-state index is 0.619. The molecule has 0 aromatic heterocycles. The van der Waals surface area contributed by atoms with Crippen LogP contribution < -0.4 is 0 Å². The van der Waals surface area contributed by atoms with Crippen LogP contribution in [0.2, 0.25) is 0 Å². The van der Waals surface area contributed by atoms with Gasteiger partial charge in [-0.25, -0.2) is 0 Å². The Morgan fingerprint density at radius 3 is 2.43 bits per heavy atom. The van der Waals surface area contributed by atoms with E-state index in [0.717, 1.165) is 5.56 Å². The number of nitrogens with one attached hydrogen (secondary N) is 1. The highest BCUT2D eigenvalue weighted by Gasteiger charge is 1.98. The minimum atomic E-state index is 0.619. The van der Waals surface area contributed by atoms with Crippen molar-refractivity contribution in [2.24, 2.45) is 0 Å². The van der Waals surface area contributed by atoms with Crippen LogP contribution >= 0.6 is 0 Å². The summed E-state index contributed by atoms with van der Waals surface area (Å²) in [6.07, 6.45) is 0. The van der Waals surface area contributed by atoms with Gasteiger partial charge in [0, 0.05) is 5.71 Å². The molecular weight excluding hydrogens is 170 g/mol. The fourth-order valence-corrected chi connectivity index (χ4v) is 1.60. The third kappa shape index (κ3) is 1.53. The molecule has 0 amide bonds. The van der Waals surface area contributed by atoms with Gasteiger partial charge in [0.2, 0.25) is 0 Å². The Balaban J connectivity index is 2.69. The highest BCUT2D eigenvalue weighted by Crippen LogP contribution is 2.17. The third-order valence-corrected chi connectivity index (χ3v) is 2.43. The van der Waals surface area contributed by atoms with E-state index in [4.69, 9.17) is 5.41 Å². The van der Waals surface area contributed by atoms with Crippen molar-refractivity contribution in [1.29, 1.82) is 5.41 Å². The number of hydrogen-bond donors (Lipinski definition) is 1. The Labute approximate surface area is 83.9 Å². The van der Waals surface area contributed by atoms with E-state index < -0.39 is 0 Å². The van der Waals surface area contributed by atoms with Crippen molar-refractivity contribution in [2.75, 3.05) is 0 Å². The molecule has 2 rings (SSSR count). The molecular formula is C13H13N. The average molecular weight is 183 g/mol. The van der Waals surface area contributed by atoms with Crippen LogP contribution in [0, 0.1) is 12.3 Å². The predicted molar refractivity (Wildman–Crippen MR) is 61.2 cm³/mol. The van der Waals surface area contributed by atoms with Crippen LogP contribution in [0.25, 0.3) is 10.8 Å². The highest BCUT2D eigenvalue weighted by molar-refractivity contribution is 6.00. The molecule has 1 N–H and O–H groups in total. The SMILES string of the molecule is CC(=N)c1ccc2ccc(C)cc2c1. The van der Waals surface area contributed by atoms with Gasteiger partial charge in [0.15, 0.2) is 0 Å². The van der Waals surface area contributed by atoms with Crippen LogP contribution in [0.15, 0.2) is 36.4 Å². The quantitative estimate of drug-likeness (QED) is 0.654.